The molecule has 0 bridgehead atoms. The van der Waals surface area contributed by atoms with Gasteiger partial charge in [-0.15, -0.1) is 0 Å². The summed E-state index contributed by atoms with van der Waals surface area (Å²) in [5.74, 6) is -0.836. The second-order valence-electron chi connectivity index (χ2n) is 4.46. The lowest BCUT2D eigenvalue weighted by atomic mass is 9.99. The molecule has 1 aromatic heterocycles. The third kappa shape index (κ3) is 1.79. The first-order chi connectivity index (χ1) is 7.95. The van der Waals surface area contributed by atoms with Crippen molar-refractivity contribution in [1.82, 2.24) is 10.1 Å². The van der Waals surface area contributed by atoms with Crippen LogP contribution in [0, 0.1) is 6.92 Å². The number of carboxylic acids is 1. The second kappa shape index (κ2) is 3.87. The van der Waals surface area contributed by atoms with E-state index in [2.05, 4.69) is 5.16 Å². The van der Waals surface area contributed by atoms with Crippen molar-refractivity contribution in [3.8, 4) is 0 Å². The fourth-order valence-corrected chi connectivity index (χ4v) is 2.12. The molecule has 1 aromatic rings. The largest absolute Gasteiger partial charge is 0.480 e. The smallest absolute Gasteiger partial charge is 0.329 e. The van der Waals surface area contributed by atoms with Gasteiger partial charge in [-0.3, -0.25) is 4.79 Å². The number of hydrogen-bond acceptors (Lipinski definition) is 4. The SMILES string of the molecule is Cc1cc(C(=O)N2CCCC2(C)C(=O)O)no1. The molecular formula is C11H14N2O4. The van der Waals surface area contributed by atoms with Gasteiger partial charge >= 0.3 is 5.97 Å². The molecule has 1 N–H and O–H groups in total. The lowest BCUT2D eigenvalue weighted by molar-refractivity contribution is -0.147. The number of aromatic nitrogens is 1. The van der Waals surface area contributed by atoms with Gasteiger partial charge in [0.25, 0.3) is 5.91 Å². The Kier molecular flexibility index (Phi) is 2.65. The maximum Gasteiger partial charge on any atom is 0.329 e. The van der Waals surface area contributed by atoms with Crippen LogP contribution in [0.15, 0.2) is 10.6 Å². The summed E-state index contributed by atoms with van der Waals surface area (Å²) in [4.78, 5) is 24.7. The van der Waals surface area contributed by atoms with Gasteiger partial charge in [0.15, 0.2) is 5.69 Å². The highest BCUT2D eigenvalue weighted by Crippen LogP contribution is 2.30. The second-order valence-corrected chi connectivity index (χ2v) is 4.46. The average Bonchev–Trinajstić information content (AvgIpc) is 2.85. The number of amides is 1. The summed E-state index contributed by atoms with van der Waals surface area (Å²) in [6, 6.07) is 1.52. The Bertz CT molecular complexity index is 468. The number of carboxylic acid groups (broad SMARTS) is 1. The molecule has 92 valence electrons. The van der Waals surface area contributed by atoms with Crippen molar-refractivity contribution in [2.75, 3.05) is 6.54 Å². The summed E-state index contributed by atoms with van der Waals surface area (Å²) in [5.41, 5.74) is -0.971. The van der Waals surface area contributed by atoms with Crippen LogP contribution in [-0.2, 0) is 4.79 Å². The van der Waals surface area contributed by atoms with E-state index in [1.54, 1.807) is 13.8 Å². The first-order valence-corrected chi connectivity index (χ1v) is 5.44. The molecule has 6 heteroatoms. The van der Waals surface area contributed by atoms with Crippen LogP contribution in [-0.4, -0.2) is 39.1 Å². The van der Waals surface area contributed by atoms with Gasteiger partial charge in [0.2, 0.25) is 0 Å². The van der Waals surface area contributed by atoms with Crippen LogP contribution in [0.4, 0.5) is 0 Å². The van der Waals surface area contributed by atoms with Crippen LogP contribution in [0.2, 0.25) is 0 Å². The van der Waals surface area contributed by atoms with Crippen molar-refractivity contribution in [1.29, 1.82) is 0 Å². The number of nitrogens with zero attached hydrogens (tertiary/aromatic N) is 2. The molecule has 1 saturated heterocycles. The molecule has 1 unspecified atom stereocenters. The summed E-state index contributed by atoms with van der Waals surface area (Å²) < 4.78 is 4.83. The number of rotatable bonds is 2. The van der Waals surface area contributed by atoms with Crippen molar-refractivity contribution in [2.45, 2.75) is 32.2 Å². The van der Waals surface area contributed by atoms with Gasteiger partial charge in [-0.1, -0.05) is 5.16 Å². The minimum absolute atomic E-state index is 0.164. The molecule has 1 fully saturated rings. The Labute approximate surface area is 98.2 Å². The Morgan fingerprint density at radius 1 is 1.59 bits per heavy atom. The highest BCUT2D eigenvalue weighted by atomic mass is 16.5. The van der Waals surface area contributed by atoms with E-state index < -0.39 is 11.5 Å². The van der Waals surface area contributed by atoms with Crippen LogP contribution in [0.25, 0.3) is 0 Å². The lowest BCUT2D eigenvalue weighted by Gasteiger charge is -2.30. The minimum Gasteiger partial charge on any atom is -0.480 e. The summed E-state index contributed by atoms with van der Waals surface area (Å²) in [6.07, 6.45) is 1.15. The van der Waals surface area contributed by atoms with Gasteiger partial charge in [-0.2, -0.15) is 0 Å². The first kappa shape index (κ1) is 11.6. The molecule has 2 heterocycles. The molecule has 6 nitrogen and oxygen atoms in total. The molecule has 17 heavy (non-hydrogen) atoms. The fourth-order valence-electron chi connectivity index (χ4n) is 2.12. The Hall–Kier alpha value is -1.85. The third-order valence-electron chi connectivity index (χ3n) is 3.19. The molecule has 1 atom stereocenters. The zero-order valence-corrected chi connectivity index (χ0v) is 9.77. The molecule has 0 radical (unpaired) electrons. The third-order valence-corrected chi connectivity index (χ3v) is 3.19. The molecular weight excluding hydrogens is 224 g/mol. The van der Waals surface area contributed by atoms with E-state index in [-0.39, 0.29) is 11.6 Å². The summed E-state index contributed by atoms with van der Waals surface area (Å²) in [7, 11) is 0. The van der Waals surface area contributed by atoms with Crippen molar-refractivity contribution in [2.24, 2.45) is 0 Å². The lowest BCUT2D eigenvalue weighted by Crippen LogP contribution is -2.50. The Morgan fingerprint density at radius 2 is 2.29 bits per heavy atom. The van der Waals surface area contributed by atoms with Gasteiger partial charge in [-0.05, 0) is 26.7 Å². The van der Waals surface area contributed by atoms with Crippen LogP contribution in [0.3, 0.4) is 0 Å². The van der Waals surface area contributed by atoms with E-state index in [4.69, 9.17) is 4.52 Å². The molecule has 2 rings (SSSR count). The molecule has 1 amide bonds. The van der Waals surface area contributed by atoms with E-state index in [0.717, 1.165) is 0 Å². The maximum absolute atomic E-state index is 12.1. The van der Waals surface area contributed by atoms with E-state index in [0.29, 0.717) is 25.1 Å². The Balaban J connectivity index is 2.28. The van der Waals surface area contributed by atoms with Crippen molar-refractivity contribution >= 4 is 11.9 Å². The van der Waals surface area contributed by atoms with Gasteiger partial charge in [0.05, 0.1) is 0 Å². The van der Waals surface area contributed by atoms with E-state index in [9.17, 15) is 14.7 Å². The van der Waals surface area contributed by atoms with Gasteiger partial charge in [0.1, 0.15) is 11.3 Å². The van der Waals surface area contributed by atoms with Gasteiger partial charge < -0.3 is 14.5 Å². The van der Waals surface area contributed by atoms with Crippen molar-refractivity contribution in [3.63, 3.8) is 0 Å². The van der Waals surface area contributed by atoms with Gasteiger partial charge in [0, 0.05) is 12.6 Å². The number of aliphatic carboxylic acids is 1. The standard InChI is InChI=1S/C11H14N2O4/c1-7-6-8(12-17-7)9(14)13-5-3-4-11(13,2)10(15)16/h6H,3-5H2,1-2H3,(H,15,16). The number of hydrogen-bond donors (Lipinski definition) is 1. The molecule has 1 aliphatic rings. The Morgan fingerprint density at radius 3 is 2.82 bits per heavy atom. The minimum atomic E-state index is -1.13. The topological polar surface area (TPSA) is 83.6 Å². The number of carbonyl (C=O) groups excluding carboxylic acids is 1. The molecule has 0 spiro atoms. The monoisotopic (exact) mass is 238 g/mol. The average molecular weight is 238 g/mol. The summed E-state index contributed by atoms with van der Waals surface area (Å²) in [5, 5.41) is 12.8. The zero-order chi connectivity index (χ0) is 12.6. The van der Waals surface area contributed by atoms with Gasteiger partial charge in [-0.25, -0.2) is 4.79 Å². The fraction of sp³-hybridized carbons (Fsp3) is 0.545. The first-order valence-electron chi connectivity index (χ1n) is 5.44. The van der Waals surface area contributed by atoms with E-state index >= 15 is 0 Å². The normalized spacial score (nSPS) is 24.0. The highest BCUT2D eigenvalue weighted by Gasteiger charge is 2.46. The van der Waals surface area contributed by atoms with Crippen LogP contribution in [0.1, 0.15) is 36.0 Å². The summed E-state index contributed by atoms with van der Waals surface area (Å²) >= 11 is 0. The predicted molar refractivity (Wildman–Crippen MR) is 57.6 cm³/mol. The van der Waals surface area contributed by atoms with Crippen LogP contribution in [0.5, 0.6) is 0 Å². The quantitative estimate of drug-likeness (QED) is 0.832. The zero-order valence-electron chi connectivity index (χ0n) is 9.77. The summed E-state index contributed by atoms with van der Waals surface area (Å²) in [6.45, 7) is 3.69. The molecule has 0 aliphatic carbocycles. The number of carbonyl (C=O) groups is 2. The number of likely N-dealkylation sites (tertiary alicyclic amines) is 1. The maximum atomic E-state index is 12.1. The molecule has 1 aliphatic heterocycles. The number of aryl methyl sites for hydroxylation is 1. The molecule has 0 saturated carbocycles. The van der Waals surface area contributed by atoms with Crippen molar-refractivity contribution < 1.29 is 19.2 Å². The van der Waals surface area contributed by atoms with Crippen molar-refractivity contribution in [3.05, 3.63) is 17.5 Å². The van der Waals surface area contributed by atoms with E-state index in [1.165, 1.54) is 11.0 Å². The predicted octanol–water partition coefficient (Wildman–Crippen LogP) is 1.06. The van der Waals surface area contributed by atoms with E-state index in [1.807, 2.05) is 0 Å². The highest BCUT2D eigenvalue weighted by molar-refractivity contribution is 5.96. The van der Waals surface area contributed by atoms with Crippen LogP contribution < -0.4 is 0 Å². The molecule has 0 aromatic carbocycles. The van der Waals surface area contributed by atoms with Crippen LogP contribution >= 0.6 is 0 Å².